The summed E-state index contributed by atoms with van der Waals surface area (Å²) in [5.74, 6) is 0. The number of benzene rings is 2. The Morgan fingerprint density at radius 3 is 2.27 bits per heavy atom. The molecule has 3 rings (SSSR count). The normalized spacial score (nSPS) is 16.3. The van der Waals surface area contributed by atoms with Gasteiger partial charge in [-0.05, 0) is 49.6 Å². The van der Waals surface area contributed by atoms with E-state index in [4.69, 9.17) is 0 Å². The van der Waals surface area contributed by atoms with Crippen LogP contribution in [0.1, 0.15) is 44.6 Å². The molecule has 1 aliphatic carbocycles. The zero-order chi connectivity index (χ0) is 18.4. The summed E-state index contributed by atoms with van der Waals surface area (Å²) in [6.45, 7) is 1.93. The molecule has 1 aliphatic rings. The molecule has 2 aromatic carbocycles. The van der Waals surface area contributed by atoms with Crippen LogP contribution in [0.2, 0.25) is 0 Å². The lowest BCUT2D eigenvalue weighted by Gasteiger charge is -2.21. The number of sulfonamides is 1. The van der Waals surface area contributed by atoms with Gasteiger partial charge in [-0.1, -0.05) is 49.6 Å². The highest BCUT2D eigenvalue weighted by Gasteiger charge is 2.15. The Kier molecular flexibility index (Phi) is 5.93. The van der Waals surface area contributed by atoms with E-state index < -0.39 is 10.0 Å². The van der Waals surface area contributed by atoms with Crippen molar-refractivity contribution in [2.45, 2.75) is 50.0 Å². The van der Waals surface area contributed by atoms with Crippen molar-refractivity contribution in [1.82, 2.24) is 5.43 Å². The van der Waals surface area contributed by atoms with Crippen molar-refractivity contribution in [3.8, 4) is 0 Å². The van der Waals surface area contributed by atoms with Crippen LogP contribution in [-0.2, 0) is 10.0 Å². The van der Waals surface area contributed by atoms with Gasteiger partial charge in [-0.25, -0.2) is 8.42 Å². The minimum atomic E-state index is -3.59. The molecule has 0 spiro atoms. The number of rotatable bonds is 6. The van der Waals surface area contributed by atoms with Gasteiger partial charge in [0.05, 0.1) is 10.6 Å². The smallest absolute Gasteiger partial charge is 0.261 e. The van der Waals surface area contributed by atoms with Crippen molar-refractivity contribution in [2.24, 2.45) is 5.10 Å². The molecule has 0 bridgehead atoms. The molecule has 6 heteroatoms. The molecule has 0 aromatic heterocycles. The van der Waals surface area contributed by atoms with Gasteiger partial charge in [-0.15, -0.1) is 0 Å². The fraction of sp³-hybridized carbons (Fsp3) is 0.350. The van der Waals surface area contributed by atoms with Crippen LogP contribution < -0.4 is 10.1 Å². The van der Waals surface area contributed by atoms with Crippen molar-refractivity contribution in [3.05, 3.63) is 60.2 Å². The molecular weight excluding hydrogens is 346 g/mol. The minimum absolute atomic E-state index is 0.234. The lowest BCUT2D eigenvalue weighted by atomic mass is 9.96. The Hall–Kier alpha value is -2.34. The summed E-state index contributed by atoms with van der Waals surface area (Å²) in [5.41, 5.74) is 5.57. The summed E-state index contributed by atoms with van der Waals surface area (Å²) in [4.78, 5) is 0.234. The monoisotopic (exact) mass is 371 g/mol. The molecule has 0 atom stereocenters. The van der Waals surface area contributed by atoms with Gasteiger partial charge >= 0.3 is 0 Å². The Bertz CT molecular complexity index is 840. The Morgan fingerprint density at radius 2 is 1.62 bits per heavy atom. The number of hydrazone groups is 1. The topological polar surface area (TPSA) is 70.6 Å². The van der Waals surface area contributed by atoms with Gasteiger partial charge < -0.3 is 5.43 Å². The molecule has 0 aliphatic heterocycles. The highest BCUT2D eigenvalue weighted by atomic mass is 32.2. The van der Waals surface area contributed by atoms with Crippen LogP contribution in [0.5, 0.6) is 0 Å². The first kappa shape index (κ1) is 18.5. The average molecular weight is 372 g/mol. The number of anilines is 1. The molecule has 5 nitrogen and oxygen atoms in total. The number of nitrogens with zero attached hydrogens (tertiary/aromatic N) is 1. The fourth-order valence-electron chi connectivity index (χ4n) is 3.08. The number of para-hydroxylation sites is 1. The summed E-state index contributed by atoms with van der Waals surface area (Å²) in [6.07, 6.45) is 6.16. The summed E-state index contributed by atoms with van der Waals surface area (Å²) in [5, 5.41) is 4.48. The van der Waals surface area contributed by atoms with E-state index >= 15 is 0 Å². The third-order valence-corrected chi connectivity index (χ3v) is 6.03. The highest BCUT2D eigenvalue weighted by molar-refractivity contribution is 7.92. The zero-order valence-electron chi connectivity index (χ0n) is 15.0. The van der Waals surface area contributed by atoms with E-state index in [-0.39, 0.29) is 4.90 Å². The van der Waals surface area contributed by atoms with Gasteiger partial charge in [-0.2, -0.15) is 5.10 Å². The fourth-order valence-corrected chi connectivity index (χ4v) is 4.14. The maximum Gasteiger partial charge on any atom is 0.261 e. The molecule has 0 saturated heterocycles. The van der Waals surface area contributed by atoms with Gasteiger partial charge in [0.25, 0.3) is 10.0 Å². The van der Waals surface area contributed by atoms with Crippen LogP contribution in [0.25, 0.3) is 0 Å². The number of hydrogen-bond donors (Lipinski definition) is 2. The molecule has 2 aromatic rings. The largest absolute Gasteiger partial charge is 0.307 e. The molecule has 0 heterocycles. The summed E-state index contributed by atoms with van der Waals surface area (Å²) >= 11 is 0. The van der Waals surface area contributed by atoms with Gasteiger partial charge in [-0.3, -0.25) is 4.72 Å². The van der Waals surface area contributed by atoms with Crippen LogP contribution in [0, 0.1) is 0 Å². The van der Waals surface area contributed by atoms with Gasteiger partial charge in [0.15, 0.2) is 0 Å². The SMILES string of the molecule is CC(=NNC1CCCCC1)c1ccc(S(=O)(=O)Nc2ccccc2)cc1. The van der Waals surface area contributed by atoms with E-state index in [2.05, 4.69) is 15.2 Å². The molecule has 2 N–H and O–H groups in total. The third-order valence-electron chi connectivity index (χ3n) is 4.63. The molecule has 138 valence electrons. The standard InChI is InChI=1S/C20H25N3O2S/c1-16(21-22-18-8-4-2-5-9-18)17-12-14-20(15-13-17)26(24,25)23-19-10-6-3-7-11-19/h3,6-7,10-15,18,22-23H,2,4-5,8-9H2,1H3. The first-order valence-corrected chi connectivity index (χ1v) is 10.5. The van der Waals surface area contributed by atoms with Gasteiger partial charge in [0, 0.05) is 11.7 Å². The van der Waals surface area contributed by atoms with Crippen molar-refractivity contribution in [2.75, 3.05) is 4.72 Å². The average Bonchev–Trinajstić information content (AvgIpc) is 2.67. The van der Waals surface area contributed by atoms with E-state index in [1.54, 1.807) is 48.5 Å². The third kappa shape index (κ3) is 4.85. The lowest BCUT2D eigenvalue weighted by Crippen LogP contribution is -2.27. The first-order chi connectivity index (χ1) is 12.5. The molecular formula is C20H25N3O2S. The molecule has 0 unspecified atom stereocenters. The van der Waals surface area contributed by atoms with Crippen molar-refractivity contribution >= 4 is 21.4 Å². The minimum Gasteiger partial charge on any atom is -0.307 e. The van der Waals surface area contributed by atoms with E-state index in [1.165, 1.54) is 32.1 Å². The van der Waals surface area contributed by atoms with Crippen LogP contribution in [-0.4, -0.2) is 20.2 Å². The molecule has 1 saturated carbocycles. The molecule has 0 amide bonds. The predicted octanol–water partition coefficient (Wildman–Crippen LogP) is 4.13. The van der Waals surface area contributed by atoms with E-state index in [1.807, 2.05) is 13.0 Å². The van der Waals surface area contributed by atoms with Crippen molar-refractivity contribution in [3.63, 3.8) is 0 Å². The quantitative estimate of drug-likeness (QED) is 0.592. The van der Waals surface area contributed by atoms with Crippen LogP contribution in [0.3, 0.4) is 0 Å². The maximum absolute atomic E-state index is 12.5. The van der Waals surface area contributed by atoms with Crippen molar-refractivity contribution < 1.29 is 8.42 Å². The number of hydrogen-bond acceptors (Lipinski definition) is 4. The van der Waals surface area contributed by atoms with Crippen LogP contribution >= 0.6 is 0 Å². The Morgan fingerprint density at radius 1 is 0.962 bits per heavy atom. The second-order valence-corrected chi connectivity index (χ2v) is 8.34. The second kappa shape index (κ2) is 8.36. The predicted molar refractivity (Wildman–Crippen MR) is 106 cm³/mol. The molecule has 1 fully saturated rings. The van der Waals surface area contributed by atoms with E-state index in [0.717, 1.165) is 11.3 Å². The maximum atomic E-state index is 12.5. The van der Waals surface area contributed by atoms with E-state index in [0.29, 0.717) is 11.7 Å². The summed E-state index contributed by atoms with van der Waals surface area (Å²) < 4.78 is 27.5. The van der Waals surface area contributed by atoms with Crippen molar-refractivity contribution in [1.29, 1.82) is 0 Å². The molecule has 26 heavy (non-hydrogen) atoms. The Labute approximate surface area is 155 Å². The van der Waals surface area contributed by atoms with Gasteiger partial charge in [0.2, 0.25) is 0 Å². The lowest BCUT2D eigenvalue weighted by molar-refractivity contribution is 0.380. The second-order valence-electron chi connectivity index (χ2n) is 6.66. The van der Waals surface area contributed by atoms with Crippen LogP contribution in [0.15, 0.2) is 64.6 Å². The zero-order valence-corrected chi connectivity index (χ0v) is 15.8. The number of nitrogens with one attached hydrogen (secondary N) is 2. The summed E-state index contributed by atoms with van der Waals surface area (Å²) in [7, 11) is -3.59. The van der Waals surface area contributed by atoms with Crippen LogP contribution in [0.4, 0.5) is 5.69 Å². The molecule has 0 radical (unpaired) electrons. The van der Waals surface area contributed by atoms with Gasteiger partial charge in [0.1, 0.15) is 0 Å². The summed E-state index contributed by atoms with van der Waals surface area (Å²) in [6, 6.07) is 16.1. The van der Waals surface area contributed by atoms with E-state index in [9.17, 15) is 8.42 Å². The Balaban J connectivity index is 1.67. The highest BCUT2D eigenvalue weighted by Crippen LogP contribution is 2.18. The first-order valence-electron chi connectivity index (χ1n) is 9.03.